The maximum Gasteiger partial charge on any atom is 0.249 e. The highest BCUT2D eigenvalue weighted by molar-refractivity contribution is 7.89. The lowest BCUT2D eigenvalue weighted by atomic mass is 10.1. The molecule has 1 heterocycles. The van der Waals surface area contributed by atoms with Gasteiger partial charge in [0.2, 0.25) is 15.9 Å². The zero-order valence-corrected chi connectivity index (χ0v) is 15.5. The molecule has 1 amide bonds. The van der Waals surface area contributed by atoms with E-state index in [9.17, 15) is 22.0 Å². The molecule has 0 aromatic heterocycles. The van der Waals surface area contributed by atoms with Crippen LogP contribution in [0.5, 0.6) is 0 Å². The Morgan fingerprint density at radius 2 is 1.48 bits per heavy atom. The molecule has 0 spiro atoms. The molecule has 0 bridgehead atoms. The second kappa shape index (κ2) is 8.14. The quantitative estimate of drug-likeness (QED) is 0.783. The van der Waals surface area contributed by atoms with Crippen LogP contribution in [-0.4, -0.2) is 49.7 Å². The molecule has 27 heavy (non-hydrogen) atoms. The second-order valence-corrected chi connectivity index (χ2v) is 8.20. The Balaban J connectivity index is 1.60. The van der Waals surface area contributed by atoms with Crippen molar-refractivity contribution in [2.24, 2.45) is 0 Å². The van der Waals surface area contributed by atoms with Crippen LogP contribution in [0.2, 0.25) is 0 Å². The topological polar surface area (TPSA) is 57.7 Å². The van der Waals surface area contributed by atoms with Crippen molar-refractivity contribution in [2.75, 3.05) is 26.2 Å². The van der Waals surface area contributed by atoms with Crippen LogP contribution in [-0.2, 0) is 21.2 Å². The summed E-state index contributed by atoms with van der Waals surface area (Å²) in [7, 11) is -4.28. The van der Waals surface area contributed by atoms with Crippen molar-refractivity contribution in [1.29, 1.82) is 0 Å². The molecule has 0 aliphatic carbocycles. The first-order valence-electron chi connectivity index (χ1n) is 8.65. The van der Waals surface area contributed by atoms with E-state index in [2.05, 4.69) is 0 Å². The van der Waals surface area contributed by atoms with Gasteiger partial charge in [-0.25, -0.2) is 17.2 Å². The summed E-state index contributed by atoms with van der Waals surface area (Å²) >= 11 is 0. The summed E-state index contributed by atoms with van der Waals surface area (Å²) in [5.74, 6) is -2.29. The molecule has 0 saturated carbocycles. The van der Waals surface area contributed by atoms with E-state index in [0.29, 0.717) is 12.8 Å². The Kier molecular flexibility index (Phi) is 5.86. The largest absolute Gasteiger partial charge is 0.340 e. The van der Waals surface area contributed by atoms with E-state index in [-0.39, 0.29) is 32.1 Å². The predicted octanol–water partition coefficient (Wildman–Crippen LogP) is 2.43. The maximum absolute atomic E-state index is 13.9. The number of halogens is 2. The Bertz CT molecular complexity index is 892. The Morgan fingerprint density at radius 1 is 0.889 bits per heavy atom. The summed E-state index contributed by atoms with van der Waals surface area (Å²) in [4.78, 5) is 13.0. The fourth-order valence-electron chi connectivity index (χ4n) is 3.09. The van der Waals surface area contributed by atoms with Crippen LogP contribution >= 0.6 is 0 Å². The molecule has 144 valence electrons. The van der Waals surface area contributed by atoms with E-state index in [1.54, 1.807) is 4.90 Å². The number of carbonyl (C=O) groups is 1. The van der Waals surface area contributed by atoms with Gasteiger partial charge in [-0.1, -0.05) is 36.4 Å². The van der Waals surface area contributed by atoms with E-state index < -0.39 is 26.6 Å². The van der Waals surface area contributed by atoms with Crippen LogP contribution in [0, 0.1) is 11.6 Å². The van der Waals surface area contributed by atoms with Crippen molar-refractivity contribution in [2.45, 2.75) is 17.7 Å². The van der Waals surface area contributed by atoms with Crippen molar-refractivity contribution < 1.29 is 22.0 Å². The monoisotopic (exact) mass is 394 g/mol. The third kappa shape index (κ3) is 4.33. The lowest BCUT2D eigenvalue weighted by molar-refractivity contribution is -0.132. The van der Waals surface area contributed by atoms with E-state index in [1.165, 1.54) is 0 Å². The minimum absolute atomic E-state index is 0.00713. The van der Waals surface area contributed by atoms with Crippen LogP contribution in [0.1, 0.15) is 12.0 Å². The molecule has 2 aromatic carbocycles. The number of amides is 1. The van der Waals surface area contributed by atoms with Gasteiger partial charge in [-0.3, -0.25) is 4.79 Å². The molecule has 0 radical (unpaired) electrons. The molecular weight excluding hydrogens is 374 g/mol. The third-order valence-electron chi connectivity index (χ3n) is 4.58. The summed E-state index contributed by atoms with van der Waals surface area (Å²) in [5.41, 5.74) is 1.06. The van der Waals surface area contributed by atoms with Gasteiger partial charge in [0.25, 0.3) is 0 Å². The number of rotatable bonds is 5. The molecule has 3 rings (SSSR count). The van der Waals surface area contributed by atoms with Gasteiger partial charge in [-0.15, -0.1) is 0 Å². The Morgan fingerprint density at radius 3 is 2.07 bits per heavy atom. The summed E-state index contributed by atoms with van der Waals surface area (Å²) in [6, 6.07) is 12.6. The zero-order valence-electron chi connectivity index (χ0n) is 14.6. The first kappa shape index (κ1) is 19.4. The van der Waals surface area contributed by atoms with Gasteiger partial charge in [-0.05, 0) is 24.1 Å². The van der Waals surface area contributed by atoms with Crippen LogP contribution in [0.4, 0.5) is 8.78 Å². The Labute approximate surface area is 157 Å². The molecule has 0 atom stereocenters. The van der Waals surface area contributed by atoms with Gasteiger partial charge in [-0.2, -0.15) is 4.31 Å². The number of carbonyl (C=O) groups excluding carboxylic acids is 1. The SMILES string of the molecule is O=C(CCc1ccccc1)N1CCN(S(=O)(=O)c2c(F)cccc2F)CC1. The smallest absolute Gasteiger partial charge is 0.249 e. The van der Waals surface area contributed by atoms with Crippen molar-refractivity contribution >= 4 is 15.9 Å². The molecule has 1 aliphatic rings. The fourth-order valence-corrected chi connectivity index (χ4v) is 4.62. The van der Waals surface area contributed by atoms with Gasteiger partial charge >= 0.3 is 0 Å². The minimum Gasteiger partial charge on any atom is -0.340 e. The maximum atomic E-state index is 13.9. The van der Waals surface area contributed by atoms with Crippen molar-refractivity contribution in [3.8, 4) is 0 Å². The number of sulfonamides is 1. The first-order valence-corrected chi connectivity index (χ1v) is 10.1. The minimum atomic E-state index is -4.28. The highest BCUT2D eigenvalue weighted by Gasteiger charge is 2.33. The van der Waals surface area contributed by atoms with Gasteiger partial charge in [0.05, 0.1) is 0 Å². The lowest BCUT2D eigenvalue weighted by Gasteiger charge is -2.34. The molecule has 1 aliphatic heterocycles. The molecule has 1 saturated heterocycles. The van der Waals surface area contributed by atoms with Gasteiger partial charge < -0.3 is 4.90 Å². The Hall–Kier alpha value is -2.32. The number of piperazine rings is 1. The molecular formula is C19H20F2N2O3S. The van der Waals surface area contributed by atoms with Crippen LogP contribution < -0.4 is 0 Å². The van der Waals surface area contributed by atoms with E-state index >= 15 is 0 Å². The molecule has 0 N–H and O–H groups in total. The first-order chi connectivity index (χ1) is 12.9. The van der Waals surface area contributed by atoms with E-state index in [1.807, 2.05) is 30.3 Å². The predicted molar refractivity (Wildman–Crippen MR) is 96.5 cm³/mol. The fraction of sp³-hybridized carbons (Fsp3) is 0.316. The molecule has 2 aromatic rings. The molecule has 5 nitrogen and oxygen atoms in total. The van der Waals surface area contributed by atoms with Crippen LogP contribution in [0.25, 0.3) is 0 Å². The highest BCUT2D eigenvalue weighted by atomic mass is 32.2. The number of aryl methyl sites for hydroxylation is 1. The van der Waals surface area contributed by atoms with Gasteiger partial charge in [0, 0.05) is 32.6 Å². The molecule has 8 heteroatoms. The normalized spacial score (nSPS) is 15.7. The van der Waals surface area contributed by atoms with Gasteiger partial charge in [0.15, 0.2) is 4.90 Å². The molecule has 1 fully saturated rings. The van der Waals surface area contributed by atoms with Crippen molar-refractivity contribution in [1.82, 2.24) is 9.21 Å². The van der Waals surface area contributed by atoms with Crippen molar-refractivity contribution in [3.63, 3.8) is 0 Å². The third-order valence-corrected chi connectivity index (χ3v) is 6.53. The van der Waals surface area contributed by atoms with E-state index in [0.717, 1.165) is 28.1 Å². The highest BCUT2D eigenvalue weighted by Crippen LogP contribution is 2.23. The second-order valence-electron chi connectivity index (χ2n) is 6.32. The summed E-state index contributed by atoms with van der Waals surface area (Å²) in [5, 5.41) is 0. The number of hydrogen-bond donors (Lipinski definition) is 0. The summed E-state index contributed by atoms with van der Waals surface area (Å²) in [6.45, 7) is 0.409. The van der Waals surface area contributed by atoms with Crippen LogP contribution in [0.15, 0.2) is 53.4 Å². The van der Waals surface area contributed by atoms with Crippen molar-refractivity contribution in [3.05, 3.63) is 65.7 Å². The lowest BCUT2D eigenvalue weighted by Crippen LogP contribution is -2.50. The summed E-state index contributed by atoms with van der Waals surface area (Å²) < 4.78 is 53.9. The zero-order chi connectivity index (χ0) is 19.4. The van der Waals surface area contributed by atoms with Crippen LogP contribution in [0.3, 0.4) is 0 Å². The average Bonchev–Trinajstić information content (AvgIpc) is 2.67. The van der Waals surface area contributed by atoms with Gasteiger partial charge in [0.1, 0.15) is 11.6 Å². The summed E-state index contributed by atoms with van der Waals surface area (Å²) in [6.07, 6.45) is 0.942. The average molecular weight is 394 g/mol. The number of benzene rings is 2. The number of hydrogen-bond acceptors (Lipinski definition) is 3. The standard InChI is InChI=1S/C19H20F2N2O3S/c20-16-7-4-8-17(21)19(16)27(25,26)23-13-11-22(12-14-23)18(24)10-9-15-5-2-1-3-6-15/h1-8H,9-14H2. The molecule has 0 unspecified atom stereocenters. The van der Waals surface area contributed by atoms with E-state index in [4.69, 9.17) is 0 Å². The number of nitrogens with zero attached hydrogens (tertiary/aromatic N) is 2.